The van der Waals surface area contributed by atoms with Crippen LogP contribution in [-0.2, 0) is 4.79 Å². The predicted molar refractivity (Wildman–Crippen MR) is 79.6 cm³/mol. The van der Waals surface area contributed by atoms with Gasteiger partial charge in [0.15, 0.2) is 0 Å². The standard InChI is InChI=1S/C15H18BrNO2/c16-12-6-2-1-5-11(12)9-10-15(19)17-13-7-3-4-8-14(13)18/h1-2,5-6,9-10,13-14,18H,3-4,7-8H2,(H,17,19). The Hall–Kier alpha value is -1.13. The molecule has 102 valence electrons. The number of aliphatic hydroxyl groups excluding tert-OH is 1. The van der Waals surface area contributed by atoms with Crippen LogP contribution in [0.25, 0.3) is 6.08 Å². The van der Waals surface area contributed by atoms with Crippen molar-refractivity contribution in [3.05, 3.63) is 40.4 Å². The van der Waals surface area contributed by atoms with Gasteiger partial charge in [-0.25, -0.2) is 0 Å². The molecule has 4 heteroatoms. The normalized spacial score (nSPS) is 23.5. The molecule has 3 nitrogen and oxygen atoms in total. The lowest BCUT2D eigenvalue weighted by atomic mass is 9.92. The third-order valence-electron chi connectivity index (χ3n) is 3.38. The fraction of sp³-hybridized carbons (Fsp3) is 0.400. The molecule has 0 spiro atoms. The van der Waals surface area contributed by atoms with Crippen molar-refractivity contribution in [1.29, 1.82) is 0 Å². The summed E-state index contributed by atoms with van der Waals surface area (Å²) in [5.41, 5.74) is 0.960. The molecule has 0 saturated heterocycles. The van der Waals surface area contributed by atoms with E-state index in [1.54, 1.807) is 6.08 Å². The highest BCUT2D eigenvalue weighted by atomic mass is 79.9. The molecule has 0 bridgehead atoms. The molecule has 0 heterocycles. The van der Waals surface area contributed by atoms with Gasteiger partial charge in [0.05, 0.1) is 12.1 Å². The maximum absolute atomic E-state index is 11.8. The van der Waals surface area contributed by atoms with E-state index in [9.17, 15) is 9.90 Å². The molecule has 1 aromatic rings. The Kier molecular flexibility index (Phi) is 5.16. The van der Waals surface area contributed by atoms with Gasteiger partial charge in [-0.2, -0.15) is 0 Å². The zero-order valence-electron chi connectivity index (χ0n) is 10.7. The van der Waals surface area contributed by atoms with E-state index < -0.39 is 6.10 Å². The molecule has 19 heavy (non-hydrogen) atoms. The number of halogens is 1. The first-order chi connectivity index (χ1) is 9.16. The van der Waals surface area contributed by atoms with Crippen molar-refractivity contribution < 1.29 is 9.90 Å². The van der Waals surface area contributed by atoms with Gasteiger partial charge in [-0.15, -0.1) is 0 Å². The predicted octanol–water partition coefficient (Wildman–Crippen LogP) is 2.88. The summed E-state index contributed by atoms with van der Waals surface area (Å²) in [6.07, 6.45) is 6.62. The van der Waals surface area contributed by atoms with Gasteiger partial charge in [-0.3, -0.25) is 4.79 Å². The number of carbonyl (C=O) groups is 1. The van der Waals surface area contributed by atoms with Crippen LogP contribution in [0.3, 0.4) is 0 Å². The lowest BCUT2D eigenvalue weighted by Crippen LogP contribution is -2.44. The van der Waals surface area contributed by atoms with E-state index in [0.29, 0.717) is 0 Å². The van der Waals surface area contributed by atoms with Crippen LogP contribution in [0.2, 0.25) is 0 Å². The maximum Gasteiger partial charge on any atom is 0.244 e. The van der Waals surface area contributed by atoms with Gasteiger partial charge in [0.25, 0.3) is 0 Å². The Labute approximate surface area is 121 Å². The summed E-state index contributed by atoms with van der Waals surface area (Å²) < 4.78 is 0.955. The molecule has 2 atom stereocenters. The van der Waals surface area contributed by atoms with Crippen molar-refractivity contribution >= 4 is 27.9 Å². The fourth-order valence-corrected chi connectivity index (χ4v) is 2.70. The van der Waals surface area contributed by atoms with Gasteiger partial charge < -0.3 is 10.4 Å². The maximum atomic E-state index is 11.8. The smallest absolute Gasteiger partial charge is 0.244 e. The summed E-state index contributed by atoms with van der Waals surface area (Å²) in [5, 5.41) is 12.7. The molecule has 1 aliphatic rings. The van der Waals surface area contributed by atoms with Gasteiger partial charge in [0, 0.05) is 10.5 Å². The molecule has 1 fully saturated rings. The minimum atomic E-state index is -0.408. The average molecular weight is 324 g/mol. The highest BCUT2D eigenvalue weighted by Crippen LogP contribution is 2.19. The molecule has 1 aromatic carbocycles. The SMILES string of the molecule is O=C(C=Cc1ccccc1Br)NC1CCCCC1O. The Morgan fingerprint density at radius 3 is 2.79 bits per heavy atom. The Morgan fingerprint density at radius 2 is 2.05 bits per heavy atom. The van der Waals surface area contributed by atoms with E-state index in [4.69, 9.17) is 0 Å². The molecule has 0 radical (unpaired) electrons. The van der Waals surface area contributed by atoms with E-state index in [2.05, 4.69) is 21.2 Å². The topological polar surface area (TPSA) is 49.3 Å². The van der Waals surface area contributed by atoms with E-state index in [0.717, 1.165) is 35.7 Å². The molecule has 1 aliphatic carbocycles. The van der Waals surface area contributed by atoms with Crippen LogP contribution < -0.4 is 5.32 Å². The Bertz CT molecular complexity index is 473. The van der Waals surface area contributed by atoms with Crippen molar-refractivity contribution in [3.63, 3.8) is 0 Å². The number of amides is 1. The highest BCUT2D eigenvalue weighted by molar-refractivity contribution is 9.10. The quantitative estimate of drug-likeness (QED) is 0.840. The fourth-order valence-electron chi connectivity index (χ4n) is 2.29. The van der Waals surface area contributed by atoms with Gasteiger partial charge in [0.1, 0.15) is 0 Å². The van der Waals surface area contributed by atoms with Crippen molar-refractivity contribution in [1.82, 2.24) is 5.32 Å². The lowest BCUT2D eigenvalue weighted by molar-refractivity contribution is -0.118. The van der Waals surface area contributed by atoms with E-state index in [1.807, 2.05) is 24.3 Å². The summed E-state index contributed by atoms with van der Waals surface area (Å²) in [7, 11) is 0. The van der Waals surface area contributed by atoms with Crippen LogP contribution in [0, 0.1) is 0 Å². The van der Waals surface area contributed by atoms with Crippen molar-refractivity contribution in [2.24, 2.45) is 0 Å². The number of benzene rings is 1. The van der Waals surface area contributed by atoms with Gasteiger partial charge in [-0.05, 0) is 30.5 Å². The lowest BCUT2D eigenvalue weighted by Gasteiger charge is -2.27. The van der Waals surface area contributed by atoms with Crippen LogP contribution >= 0.6 is 15.9 Å². The zero-order valence-corrected chi connectivity index (χ0v) is 12.3. The first-order valence-corrected chi connectivity index (χ1v) is 7.37. The molecular weight excluding hydrogens is 306 g/mol. The third kappa shape index (κ3) is 4.18. The van der Waals surface area contributed by atoms with Crippen molar-refractivity contribution in [2.75, 3.05) is 0 Å². The molecule has 0 aromatic heterocycles. The van der Waals surface area contributed by atoms with Crippen molar-refractivity contribution in [2.45, 2.75) is 37.8 Å². The number of nitrogens with one attached hydrogen (secondary N) is 1. The molecule has 1 amide bonds. The van der Waals surface area contributed by atoms with Crippen LogP contribution in [0.5, 0.6) is 0 Å². The van der Waals surface area contributed by atoms with Gasteiger partial charge >= 0.3 is 0 Å². The van der Waals surface area contributed by atoms with Gasteiger partial charge in [-0.1, -0.05) is 47.0 Å². The van der Waals surface area contributed by atoms with Crippen LogP contribution in [-0.4, -0.2) is 23.2 Å². The molecule has 0 aliphatic heterocycles. The Morgan fingerprint density at radius 1 is 1.32 bits per heavy atom. The first kappa shape index (κ1) is 14.3. The second-order valence-corrected chi connectivity index (χ2v) is 5.68. The first-order valence-electron chi connectivity index (χ1n) is 6.58. The molecule has 2 rings (SSSR count). The number of hydrogen-bond donors (Lipinski definition) is 2. The minimum Gasteiger partial charge on any atom is -0.391 e. The van der Waals surface area contributed by atoms with E-state index >= 15 is 0 Å². The van der Waals surface area contributed by atoms with Crippen LogP contribution in [0.15, 0.2) is 34.8 Å². The Balaban J connectivity index is 1.92. The van der Waals surface area contributed by atoms with Crippen LogP contribution in [0.4, 0.5) is 0 Å². The second kappa shape index (κ2) is 6.87. The number of hydrogen-bond acceptors (Lipinski definition) is 2. The monoisotopic (exact) mass is 323 g/mol. The van der Waals surface area contributed by atoms with E-state index in [-0.39, 0.29) is 11.9 Å². The molecule has 2 unspecified atom stereocenters. The third-order valence-corrected chi connectivity index (χ3v) is 4.10. The molecule has 2 N–H and O–H groups in total. The average Bonchev–Trinajstić information content (AvgIpc) is 2.40. The number of aliphatic hydroxyl groups is 1. The highest BCUT2D eigenvalue weighted by Gasteiger charge is 2.23. The van der Waals surface area contributed by atoms with E-state index in [1.165, 1.54) is 6.08 Å². The zero-order chi connectivity index (χ0) is 13.7. The second-order valence-electron chi connectivity index (χ2n) is 4.82. The summed E-state index contributed by atoms with van der Waals surface area (Å²) in [5.74, 6) is -0.151. The summed E-state index contributed by atoms with van der Waals surface area (Å²) >= 11 is 3.43. The number of carbonyl (C=O) groups excluding carboxylic acids is 1. The van der Waals surface area contributed by atoms with Crippen molar-refractivity contribution in [3.8, 4) is 0 Å². The largest absolute Gasteiger partial charge is 0.391 e. The van der Waals surface area contributed by atoms with Crippen LogP contribution in [0.1, 0.15) is 31.2 Å². The summed E-state index contributed by atoms with van der Waals surface area (Å²) in [6, 6.07) is 7.61. The molecule has 1 saturated carbocycles. The number of rotatable bonds is 3. The summed E-state index contributed by atoms with van der Waals surface area (Å²) in [4.78, 5) is 11.8. The summed E-state index contributed by atoms with van der Waals surface area (Å²) in [6.45, 7) is 0. The van der Waals surface area contributed by atoms with Gasteiger partial charge in [0.2, 0.25) is 5.91 Å². The minimum absolute atomic E-state index is 0.106. The molecular formula is C15H18BrNO2.